The Kier molecular flexibility index (Phi) is 5.83. The molecule has 2 unspecified atom stereocenters. The first-order valence-electron chi connectivity index (χ1n) is 5.37. The Morgan fingerprint density at radius 2 is 2.00 bits per heavy atom. The van der Waals surface area contributed by atoms with Crippen LogP contribution in [0.1, 0.15) is 34.1 Å². The summed E-state index contributed by atoms with van der Waals surface area (Å²) in [6, 6.07) is 0. The fourth-order valence-electron chi connectivity index (χ4n) is 0.980. The standard InChI is InChI=1S/C11H23NO3/c1-8(2)9(3)15-7-6-11(4,12-5)10(13)14/h8-9,12H,6-7H2,1-5H3,(H,13,14). The summed E-state index contributed by atoms with van der Waals surface area (Å²) in [5, 5.41) is 11.8. The third-order valence-electron chi connectivity index (χ3n) is 2.95. The van der Waals surface area contributed by atoms with Crippen LogP contribution in [0.4, 0.5) is 0 Å². The van der Waals surface area contributed by atoms with E-state index < -0.39 is 11.5 Å². The van der Waals surface area contributed by atoms with Crippen LogP contribution in [0.5, 0.6) is 0 Å². The van der Waals surface area contributed by atoms with Gasteiger partial charge in [0.25, 0.3) is 0 Å². The van der Waals surface area contributed by atoms with Gasteiger partial charge in [-0.2, -0.15) is 0 Å². The van der Waals surface area contributed by atoms with Crippen LogP contribution in [0.2, 0.25) is 0 Å². The van der Waals surface area contributed by atoms with Crippen LogP contribution in [0.25, 0.3) is 0 Å². The molecule has 0 rings (SSSR count). The molecule has 0 saturated carbocycles. The Bertz CT molecular complexity index is 206. The number of hydrogen-bond donors (Lipinski definition) is 2. The van der Waals surface area contributed by atoms with Crippen molar-refractivity contribution in [3.05, 3.63) is 0 Å². The predicted octanol–water partition coefficient (Wildman–Crippen LogP) is 1.50. The minimum Gasteiger partial charge on any atom is -0.480 e. The lowest BCUT2D eigenvalue weighted by molar-refractivity contribution is -0.145. The molecule has 0 amide bonds. The van der Waals surface area contributed by atoms with Gasteiger partial charge in [-0.1, -0.05) is 13.8 Å². The SMILES string of the molecule is CNC(C)(CCOC(C)C(C)C)C(=O)O. The molecule has 0 aromatic heterocycles. The topological polar surface area (TPSA) is 58.6 Å². The van der Waals surface area contributed by atoms with Crippen molar-refractivity contribution >= 4 is 5.97 Å². The van der Waals surface area contributed by atoms with Gasteiger partial charge in [-0.05, 0) is 33.2 Å². The number of carboxylic acids is 1. The molecule has 0 bridgehead atoms. The summed E-state index contributed by atoms with van der Waals surface area (Å²) in [6.45, 7) is 8.29. The third kappa shape index (κ3) is 4.62. The Labute approximate surface area is 92.0 Å². The van der Waals surface area contributed by atoms with E-state index in [1.807, 2.05) is 6.92 Å². The Hall–Kier alpha value is -0.610. The highest BCUT2D eigenvalue weighted by Crippen LogP contribution is 2.12. The van der Waals surface area contributed by atoms with Gasteiger partial charge in [0, 0.05) is 6.61 Å². The zero-order chi connectivity index (χ0) is 12.1. The van der Waals surface area contributed by atoms with Crippen LogP contribution < -0.4 is 5.32 Å². The van der Waals surface area contributed by atoms with Crippen LogP contribution in [0, 0.1) is 5.92 Å². The normalized spacial score (nSPS) is 17.5. The van der Waals surface area contributed by atoms with E-state index in [2.05, 4.69) is 19.2 Å². The molecular weight excluding hydrogens is 194 g/mol. The monoisotopic (exact) mass is 217 g/mol. The van der Waals surface area contributed by atoms with E-state index >= 15 is 0 Å². The van der Waals surface area contributed by atoms with Gasteiger partial charge in [0.1, 0.15) is 5.54 Å². The van der Waals surface area contributed by atoms with E-state index in [1.54, 1.807) is 14.0 Å². The Morgan fingerprint density at radius 3 is 2.33 bits per heavy atom. The van der Waals surface area contributed by atoms with Gasteiger partial charge >= 0.3 is 5.97 Å². The first-order chi connectivity index (χ1) is 6.83. The van der Waals surface area contributed by atoms with E-state index in [1.165, 1.54) is 0 Å². The van der Waals surface area contributed by atoms with Crippen molar-refractivity contribution in [1.82, 2.24) is 5.32 Å². The summed E-state index contributed by atoms with van der Waals surface area (Å²) in [6.07, 6.45) is 0.635. The highest BCUT2D eigenvalue weighted by atomic mass is 16.5. The van der Waals surface area contributed by atoms with Crippen molar-refractivity contribution in [2.45, 2.75) is 45.8 Å². The third-order valence-corrected chi connectivity index (χ3v) is 2.95. The minimum absolute atomic E-state index is 0.167. The molecule has 0 spiro atoms. The molecule has 0 aliphatic carbocycles. The molecule has 90 valence electrons. The first kappa shape index (κ1) is 14.4. The molecule has 0 saturated heterocycles. The summed E-state index contributed by atoms with van der Waals surface area (Å²) in [4.78, 5) is 10.9. The number of likely N-dealkylation sites (N-methyl/N-ethyl adjacent to an activating group) is 1. The minimum atomic E-state index is -0.892. The summed E-state index contributed by atoms with van der Waals surface area (Å²) in [5.74, 6) is -0.388. The molecule has 0 aliphatic heterocycles. The largest absolute Gasteiger partial charge is 0.480 e. The molecule has 0 aromatic carbocycles. The molecule has 2 N–H and O–H groups in total. The fraction of sp³-hybridized carbons (Fsp3) is 0.909. The van der Waals surface area contributed by atoms with Gasteiger partial charge in [0.2, 0.25) is 0 Å². The lowest BCUT2D eigenvalue weighted by atomic mass is 9.99. The van der Waals surface area contributed by atoms with Crippen LogP contribution in [0.15, 0.2) is 0 Å². The van der Waals surface area contributed by atoms with Crippen LogP contribution in [-0.4, -0.2) is 36.4 Å². The second kappa shape index (κ2) is 6.08. The molecule has 4 heteroatoms. The number of hydrogen-bond acceptors (Lipinski definition) is 3. The number of ether oxygens (including phenoxy) is 1. The Morgan fingerprint density at radius 1 is 1.47 bits per heavy atom. The molecule has 0 aliphatic rings. The Balaban J connectivity index is 3.98. The van der Waals surface area contributed by atoms with Crippen molar-refractivity contribution in [2.75, 3.05) is 13.7 Å². The number of aliphatic carboxylic acids is 1. The molecule has 0 heterocycles. The van der Waals surface area contributed by atoms with Gasteiger partial charge in [-0.15, -0.1) is 0 Å². The van der Waals surface area contributed by atoms with Gasteiger partial charge < -0.3 is 15.2 Å². The average Bonchev–Trinajstić information content (AvgIpc) is 2.16. The van der Waals surface area contributed by atoms with E-state index in [9.17, 15) is 4.79 Å². The van der Waals surface area contributed by atoms with E-state index in [0.29, 0.717) is 18.9 Å². The molecule has 0 aromatic rings. The lowest BCUT2D eigenvalue weighted by Gasteiger charge is -2.25. The zero-order valence-corrected chi connectivity index (χ0v) is 10.3. The van der Waals surface area contributed by atoms with E-state index in [0.717, 1.165) is 0 Å². The number of rotatable bonds is 7. The van der Waals surface area contributed by atoms with Crippen molar-refractivity contribution in [1.29, 1.82) is 0 Å². The number of nitrogens with one attached hydrogen (secondary N) is 1. The van der Waals surface area contributed by atoms with E-state index in [-0.39, 0.29) is 6.10 Å². The van der Waals surface area contributed by atoms with Crippen molar-refractivity contribution < 1.29 is 14.6 Å². The van der Waals surface area contributed by atoms with Crippen LogP contribution in [-0.2, 0) is 9.53 Å². The van der Waals surface area contributed by atoms with Crippen molar-refractivity contribution in [2.24, 2.45) is 5.92 Å². The fourth-order valence-corrected chi connectivity index (χ4v) is 0.980. The van der Waals surface area contributed by atoms with Gasteiger partial charge in [0.15, 0.2) is 0 Å². The highest BCUT2D eigenvalue weighted by Gasteiger charge is 2.30. The maximum absolute atomic E-state index is 10.9. The molecule has 0 radical (unpaired) electrons. The summed E-state index contributed by atoms with van der Waals surface area (Å²) in [7, 11) is 1.65. The first-order valence-corrected chi connectivity index (χ1v) is 5.37. The lowest BCUT2D eigenvalue weighted by Crippen LogP contribution is -2.48. The maximum Gasteiger partial charge on any atom is 0.323 e. The number of carbonyl (C=O) groups is 1. The average molecular weight is 217 g/mol. The summed E-state index contributed by atoms with van der Waals surface area (Å²) >= 11 is 0. The number of carboxylic acid groups (broad SMARTS) is 1. The molecule has 4 nitrogen and oxygen atoms in total. The van der Waals surface area contributed by atoms with Crippen molar-refractivity contribution in [3.63, 3.8) is 0 Å². The van der Waals surface area contributed by atoms with Gasteiger partial charge in [-0.3, -0.25) is 4.79 Å². The molecule has 0 fully saturated rings. The zero-order valence-electron chi connectivity index (χ0n) is 10.3. The van der Waals surface area contributed by atoms with Crippen LogP contribution >= 0.6 is 0 Å². The molecular formula is C11H23NO3. The van der Waals surface area contributed by atoms with Crippen LogP contribution in [0.3, 0.4) is 0 Å². The highest BCUT2D eigenvalue weighted by molar-refractivity contribution is 5.78. The summed E-state index contributed by atoms with van der Waals surface area (Å²) in [5.41, 5.74) is -0.892. The van der Waals surface area contributed by atoms with Gasteiger partial charge in [-0.25, -0.2) is 0 Å². The maximum atomic E-state index is 10.9. The van der Waals surface area contributed by atoms with Crippen molar-refractivity contribution in [3.8, 4) is 0 Å². The molecule has 2 atom stereocenters. The second-order valence-electron chi connectivity index (χ2n) is 4.46. The quantitative estimate of drug-likeness (QED) is 0.678. The van der Waals surface area contributed by atoms with Gasteiger partial charge in [0.05, 0.1) is 6.10 Å². The predicted molar refractivity (Wildman–Crippen MR) is 60.0 cm³/mol. The smallest absolute Gasteiger partial charge is 0.323 e. The summed E-state index contributed by atoms with van der Waals surface area (Å²) < 4.78 is 5.55. The second-order valence-corrected chi connectivity index (χ2v) is 4.46. The molecule has 15 heavy (non-hydrogen) atoms. The van der Waals surface area contributed by atoms with E-state index in [4.69, 9.17) is 9.84 Å².